The van der Waals surface area contributed by atoms with E-state index in [-0.39, 0.29) is 12.4 Å². The maximum atomic E-state index is 11.6. The molecule has 1 N–H and O–H groups in total. The van der Waals surface area contributed by atoms with Gasteiger partial charge in [0.05, 0.1) is 18.9 Å². The third-order valence-electron chi connectivity index (χ3n) is 6.29. The van der Waals surface area contributed by atoms with Crippen LogP contribution >= 0.6 is 0 Å². The van der Waals surface area contributed by atoms with Crippen LogP contribution in [0.1, 0.15) is 149 Å². The average molecular weight is 467 g/mol. The lowest BCUT2D eigenvalue weighted by Crippen LogP contribution is -2.19. The van der Waals surface area contributed by atoms with E-state index in [0.717, 1.165) is 25.7 Å². The van der Waals surface area contributed by atoms with Gasteiger partial charge in [-0.25, -0.2) is 0 Å². The largest absolute Gasteiger partial charge is 0.481 e. The molecule has 0 heterocycles. The predicted octanol–water partition coefficient (Wildman–Crippen LogP) is 9.02. The Labute approximate surface area is 204 Å². The Kier molecular flexibility index (Phi) is 24.3. The summed E-state index contributed by atoms with van der Waals surface area (Å²) in [6.07, 6.45) is 29.2. The highest BCUT2D eigenvalue weighted by Gasteiger charge is 2.21. The average Bonchev–Trinajstić information content (AvgIpc) is 2.80. The lowest BCUT2D eigenvalue weighted by molar-refractivity contribution is -0.151. The van der Waals surface area contributed by atoms with Crippen molar-refractivity contribution >= 4 is 11.9 Å². The molecule has 194 valence electrons. The minimum absolute atomic E-state index is 0.00362. The van der Waals surface area contributed by atoms with Crippen LogP contribution in [0.3, 0.4) is 0 Å². The second kappa shape index (κ2) is 25.3. The Morgan fingerprint density at radius 2 is 1.12 bits per heavy atom. The van der Waals surface area contributed by atoms with Crippen LogP contribution in [0.5, 0.6) is 0 Å². The Hall–Kier alpha value is -1.32. The fraction of sp³-hybridized carbons (Fsp3) is 0.862. The van der Waals surface area contributed by atoms with Crippen molar-refractivity contribution in [3.63, 3.8) is 0 Å². The van der Waals surface area contributed by atoms with Crippen molar-refractivity contribution in [3.05, 3.63) is 12.2 Å². The molecule has 0 spiro atoms. The number of allylic oxidation sites excluding steroid dienone is 2. The molecule has 1 unspecified atom stereocenters. The van der Waals surface area contributed by atoms with Crippen LogP contribution in [-0.4, -0.2) is 23.7 Å². The van der Waals surface area contributed by atoms with Gasteiger partial charge in [0.2, 0.25) is 0 Å². The second-order valence-corrected chi connectivity index (χ2v) is 9.60. The van der Waals surface area contributed by atoms with Gasteiger partial charge in [0, 0.05) is 0 Å². The van der Waals surface area contributed by atoms with E-state index >= 15 is 0 Å². The number of esters is 1. The number of unbranched alkanes of at least 4 members (excludes halogenated alkanes) is 16. The van der Waals surface area contributed by atoms with E-state index in [9.17, 15) is 14.7 Å². The van der Waals surface area contributed by atoms with Crippen LogP contribution in [0.4, 0.5) is 0 Å². The van der Waals surface area contributed by atoms with Gasteiger partial charge in [-0.3, -0.25) is 9.59 Å². The summed E-state index contributed by atoms with van der Waals surface area (Å²) in [5.41, 5.74) is 0. The summed E-state index contributed by atoms with van der Waals surface area (Å²) >= 11 is 0. The molecule has 0 aromatic heterocycles. The zero-order valence-corrected chi connectivity index (χ0v) is 22.0. The highest BCUT2D eigenvalue weighted by atomic mass is 16.5. The van der Waals surface area contributed by atoms with E-state index in [0.29, 0.717) is 13.0 Å². The molecule has 0 aliphatic heterocycles. The topological polar surface area (TPSA) is 63.6 Å². The Morgan fingerprint density at radius 1 is 0.667 bits per heavy atom. The number of hydrogen-bond donors (Lipinski definition) is 1. The number of carbonyl (C=O) groups excluding carboxylic acids is 1. The number of aliphatic carboxylic acids is 1. The van der Waals surface area contributed by atoms with Crippen LogP contribution in [-0.2, 0) is 14.3 Å². The van der Waals surface area contributed by atoms with Crippen molar-refractivity contribution in [2.75, 3.05) is 6.61 Å². The van der Waals surface area contributed by atoms with Gasteiger partial charge in [-0.15, -0.1) is 0 Å². The van der Waals surface area contributed by atoms with Crippen LogP contribution in [0, 0.1) is 5.92 Å². The Balaban J connectivity index is 3.41. The Morgan fingerprint density at radius 3 is 1.58 bits per heavy atom. The quantitative estimate of drug-likeness (QED) is 0.0828. The van der Waals surface area contributed by atoms with Crippen LogP contribution in [0.25, 0.3) is 0 Å². The number of carboxylic acids is 1. The van der Waals surface area contributed by atoms with Crippen molar-refractivity contribution in [1.29, 1.82) is 0 Å². The van der Waals surface area contributed by atoms with Crippen LogP contribution < -0.4 is 0 Å². The molecule has 0 rings (SSSR count). The minimum Gasteiger partial charge on any atom is -0.481 e. The van der Waals surface area contributed by atoms with Gasteiger partial charge in [0.15, 0.2) is 0 Å². The van der Waals surface area contributed by atoms with Crippen molar-refractivity contribution in [2.45, 2.75) is 149 Å². The Bertz CT molecular complexity index is 472. The first kappa shape index (κ1) is 31.7. The minimum atomic E-state index is -0.879. The van der Waals surface area contributed by atoms with Crippen molar-refractivity contribution in [3.8, 4) is 0 Å². The summed E-state index contributed by atoms with van der Waals surface area (Å²) in [7, 11) is 0. The SMILES string of the molecule is CCCCCCCCC/C=C/CCCCCCCCCCCC(CC(=O)OCCC)C(=O)O. The molecule has 0 aromatic carbocycles. The number of ether oxygens (including phenoxy) is 1. The van der Waals surface area contributed by atoms with E-state index in [1.54, 1.807) is 0 Å². The molecule has 0 aromatic rings. The number of carbonyl (C=O) groups is 2. The maximum Gasteiger partial charge on any atom is 0.307 e. The van der Waals surface area contributed by atoms with Gasteiger partial charge in [0.1, 0.15) is 0 Å². The molecular weight excluding hydrogens is 412 g/mol. The molecule has 33 heavy (non-hydrogen) atoms. The van der Waals surface area contributed by atoms with Crippen molar-refractivity contribution in [1.82, 2.24) is 0 Å². The van der Waals surface area contributed by atoms with E-state index in [4.69, 9.17) is 4.74 Å². The molecule has 4 nitrogen and oxygen atoms in total. The molecule has 0 amide bonds. The lowest BCUT2D eigenvalue weighted by atomic mass is 9.97. The first-order chi connectivity index (χ1) is 16.1. The summed E-state index contributed by atoms with van der Waals surface area (Å²) in [6.45, 7) is 4.58. The summed E-state index contributed by atoms with van der Waals surface area (Å²) in [4.78, 5) is 23.0. The lowest BCUT2D eigenvalue weighted by Gasteiger charge is -2.11. The fourth-order valence-electron chi connectivity index (χ4n) is 4.13. The molecule has 0 bridgehead atoms. The van der Waals surface area contributed by atoms with Gasteiger partial charge < -0.3 is 9.84 Å². The zero-order chi connectivity index (χ0) is 24.4. The summed E-state index contributed by atoms with van der Waals surface area (Å²) in [5, 5.41) is 9.29. The zero-order valence-electron chi connectivity index (χ0n) is 22.0. The molecule has 0 saturated carbocycles. The molecule has 0 fully saturated rings. The van der Waals surface area contributed by atoms with E-state index in [1.807, 2.05) is 6.92 Å². The molecule has 0 radical (unpaired) electrons. The van der Waals surface area contributed by atoms with Gasteiger partial charge in [-0.05, 0) is 38.5 Å². The number of hydrogen-bond acceptors (Lipinski definition) is 3. The molecular formula is C29H54O4. The summed E-state index contributed by atoms with van der Waals surface area (Å²) in [5.74, 6) is -1.86. The van der Waals surface area contributed by atoms with Crippen LogP contribution in [0.2, 0.25) is 0 Å². The first-order valence-corrected chi connectivity index (χ1v) is 14.1. The first-order valence-electron chi connectivity index (χ1n) is 14.1. The number of carboxylic acid groups (broad SMARTS) is 1. The third-order valence-corrected chi connectivity index (χ3v) is 6.29. The van der Waals surface area contributed by atoms with Gasteiger partial charge in [-0.1, -0.05) is 116 Å². The standard InChI is InChI=1S/C29H54O4/c1-3-5-6-7-8-9-10-11-12-13-14-15-16-17-18-19-20-21-22-23-24-27(29(31)32)26-28(30)33-25-4-2/h12-13,27H,3-11,14-26H2,1-2H3,(H,31,32)/b13-12+. The monoisotopic (exact) mass is 466 g/mol. The van der Waals surface area contributed by atoms with Gasteiger partial charge >= 0.3 is 11.9 Å². The fourth-order valence-corrected chi connectivity index (χ4v) is 4.13. The van der Waals surface area contributed by atoms with E-state index in [2.05, 4.69) is 19.1 Å². The van der Waals surface area contributed by atoms with E-state index in [1.165, 1.54) is 96.3 Å². The maximum absolute atomic E-state index is 11.6. The normalized spacial score (nSPS) is 12.3. The number of rotatable bonds is 25. The van der Waals surface area contributed by atoms with Gasteiger partial charge in [-0.2, -0.15) is 0 Å². The van der Waals surface area contributed by atoms with Crippen molar-refractivity contribution < 1.29 is 19.4 Å². The smallest absolute Gasteiger partial charge is 0.307 e. The highest BCUT2D eigenvalue weighted by Crippen LogP contribution is 2.17. The molecule has 0 saturated heterocycles. The van der Waals surface area contributed by atoms with Gasteiger partial charge in [0.25, 0.3) is 0 Å². The van der Waals surface area contributed by atoms with E-state index < -0.39 is 11.9 Å². The summed E-state index contributed by atoms with van der Waals surface area (Å²) < 4.78 is 5.01. The highest BCUT2D eigenvalue weighted by molar-refractivity contribution is 5.78. The third kappa shape index (κ3) is 23.6. The predicted molar refractivity (Wildman–Crippen MR) is 140 cm³/mol. The second-order valence-electron chi connectivity index (χ2n) is 9.60. The van der Waals surface area contributed by atoms with Crippen LogP contribution in [0.15, 0.2) is 12.2 Å². The molecule has 0 aliphatic carbocycles. The molecule has 4 heteroatoms. The summed E-state index contributed by atoms with van der Waals surface area (Å²) in [6, 6.07) is 0. The molecule has 1 atom stereocenters. The molecule has 0 aliphatic rings. The van der Waals surface area contributed by atoms with Crippen molar-refractivity contribution in [2.24, 2.45) is 5.92 Å².